The second-order valence-electron chi connectivity index (χ2n) is 7.17. The first-order valence-corrected chi connectivity index (χ1v) is 9.47. The van der Waals surface area contributed by atoms with Crippen molar-refractivity contribution in [1.29, 1.82) is 0 Å². The third-order valence-corrected chi connectivity index (χ3v) is 4.98. The fraction of sp³-hybridized carbons (Fsp3) is 0.364. The Morgan fingerprint density at radius 2 is 1.86 bits per heavy atom. The van der Waals surface area contributed by atoms with Gasteiger partial charge < -0.3 is 15.0 Å². The number of hydrogen-bond donors (Lipinski definition) is 1. The van der Waals surface area contributed by atoms with Crippen LogP contribution in [0.15, 0.2) is 42.5 Å². The Labute approximate surface area is 164 Å². The number of rotatable bonds is 5. The first-order chi connectivity index (χ1) is 13.4. The molecule has 1 aliphatic rings. The summed E-state index contributed by atoms with van der Waals surface area (Å²) in [5.41, 5.74) is 2.20. The standard InChI is InChI=1S/C22H25FN2O3/c1-15-7-8-20(16(2)13-15)28-14-21(26)25-11-9-17(10-12-25)24-22(27)18-5-3-4-6-19(18)23/h3-8,13,17H,9-12,14H2,1-2H3,(H,24,27). The Kier molecular flexibility index (Phi) is 6.29. The van der Waals surface area contributed by atoms with Gasteiger partial charge in [0.2, 0.25) is 0 Å². The molecule has 2 aromatic carbocycles. The number of hydrogen-bond acceptors (Lipinski definition) is 3. The van der Waals surface area contributed by atoms with Crippen molar-refractivity contribution in [2.45, 2.75) is 32.7 Å². The van der Waals surface area contributed by atoms with Crippen molar-refractivity contribution in [1.82, 2.24) is 10.2 Å². The van der Waals surface area contributed by atoms with E-state index in [-0.39, 0.29) is 24.1 Å². The molecule has 148 valence electrons. The highest BCUT2D eigenvalue weighted by Gasteiger charge is 2.25. The molecule has 1 fully saturated rings. The molecule has 28 heavy (non-hydrogen) atoms. The van der Waals surface area contributed by atoms with Crippen molar-refractivity contribution in [2.75, 3.05) is 19.7 Å². The molecule has 1 saturated heterocycles. The van der Waals surface area contributed by atoms with Gasteiger partial charge in [0.05, 0.1) is 5.56 Å². The van der Waals surface area contributed by atoms with Gasteiger partial charge in [-0.25, -0.2) is 4.39 Å². The predicted octanol–water partition coefficient (Wildman–Crippen LogP) is 3.24. The molecule has 0 aliphatic carbocycles. The van der Waals surface area contributed by atoms with E-state index in [4.69, 9.17) is 4.74 Å². The summed E-state index contributed by atoms with van der Waals surface area (Å²) in [6.07, 6.45) is 1.27. The number of halogens is 1. The molecule has 0 radical (unpaired) electrons. The van der Waals surface area contributed by atoms with E-state index in [1.165, 1.54) is 12.1 Å². The number of ether oxygens (including phenoxy) is 1. The smallest absolute Gasteiger partial charge is 0.260 e. The highest BCUT2D eigenvalue weighted by molar-refractivity contribution is 5.94. The molecule has 0 saturated carbocycles. The van der Waals surface area contributed by atoms with Gasteiger partial charge in [0.1, 0.15) is 11.6 Å². The number of aryl methyl sites for hydroxylation is 2. The van der Waals surface area contributed by atoms with E-state index in [9.17, 15) is 14.0 Å². The van der Waals surface area contributed by atoms with Gasteiger partial charge in [-0.3, -0.25) is 9.59 Å². The maximum absolute atomic E-state index is 13.7. The van der Waals surface area contributed by atoms with Crippen LogP contribution in [0.5, 0.6) is 5.75 Å². The zero-order chi connectivity index (χ0) is 20.1. The molecule has 3 rings (SSSR count). The van der Waals surface area contributed by atoms with Crippen LogP contribution in [-0.4, -0.2) is 42.5 Å². The van der Waals surface area contributed by atoms with Crippen molar-refractivity contribution in [2.24, 2.45) is 0 Å². The van der Waals surface area contributed by atoms with Crippen molar-refractivity contribution >= 4 is 11.8 Å². The van der Waals surface area contributed by atoms with Crippen molar-refractivity contribution < 1.29 is 18.7 Å². The SMILES string of the molecule is Cc1ccc(OCC(=O)N2CCC(NC(=O)c3ccccc3F)CC2)c(C)c1. The Balaban J connectivity index is 1.46. The normalized spacial score (nSPS) is 14.6. The van der Waals surface area contributed by atoms with Crippen LogP contribution in [0.1, 0.15) is 34.3 Å². The highest BCUT2D eigenvalue weighted by atomic mass is 19.1. The van der Waals surface area contributed by atoms with Gasteiger partial charge in [0.15, 0.2) is 6.61 Å². The van der Waals surface area contributed by atoms with Crippen LogP contribution >= 0.6 is 0 Å². The molecule has 5 nitrogen and oxygen atoms in total. The van der Waals surface area contributed by atoms with E-state index in [1.807, 2.05) is 32.0 Å². The highest BCUT2D eigenvalue weighted by Crippen LogP contribution is 2.19. The Morgan fingerprint density at radius 3 is 2.54 bits per heavy atom. The van der Waals surface area contributed by atoms with E-state index < -0.39 is 11.7 Å². The zero-order valence-corrected chi connectivity index (χ0v) is 16.2. The van der Waals surface area contributed by atoms with Gasteiger partial charge in [-0.05, 0) is 50.5 Å². The molecular formula is C22H25FN2O3. The number of carbonyl (C=O) groups excluding carboxylic acids is 2. The largest absolute Gasteiger partial charge is 0.484 e. The van der Waals surface area contributed by atoms with Crippen molar-refractivity contribution in [3.63, 3.8) is 0 Å². The molecule has 1 N–H and O–H groups in total. The Bertz CT molecular complexity index is 861. The lowest BCUT2D eigenvalue weighted by Gasteiger charge is -2.32. The molecule has 0 atom stereocenters. The van der Waals surface area contributed by atoms with Gasteiger partial charge in [0, 0.05) is 19.1 Å². The minimum Gasteiger partial charge on any atom is -0.484 e. The Hall–Kier alpha value is -2.89. The molecule has 2 aromatic rings. The number of nitrogens with one attached hydrogen (secondary N) is 1. The average molecular weight is 384 g/mol. The molecular weight excluding hydrogens is 359 g/mol. The molecule has 2 amide bonds. The fourth-order valence-electron chi connectivity index (χ4n) is 3.37. The van der Waals surface area contributed by atoms with E-state index in [0.717, 1.165) is 11.1 Å². The minimum absolute atomic E-state index is 0.00382. The lowest BCUT2D eigenvalue weighted by Crippen LogP contribution is -2.47. The topological polar surface area (TPSA) is 58.6 Å². The van der Waals surface area contributed by atoms with Crippen LogP contribution in [-0.2, 0) is 4.79 Å². The van der Waals surface area contributed by atoms with Crippen LogP contribution in [0.4, 0.5) is 4.39 Å². The summed E-state index contributed by atoms with van der Waals surface area (Å²) >= 11 is 0. The zero-order valence-electron chi connectivity index (χ0n) is 16.2. The average Bonchev–Trinajstić information content (AvgIpc) is 2.68. The van der Waals surface area contributed by atoms with Gasteiger partial charge in [-0.15, -0.1) is 0 Å². The number of amides is 2. The minimum atomic E-state index is -0.531. The quantitative estimate of drug-likeness (QED) is 0.861. The summed E-state index contributed by atoms with van der Waals surface area (Å²) in [4.78, 5) is 26.4. The Morgan fingerprint density at radius 1 is 1.14 bits per heavy atom. The lowest BCUT2D eigenvalue weighted by atomic mass is 10.0. The van der Waals surface area contributed by atoms with Crippen LogP contribution in [0, 0.1) is 19.7 Å². The molecule has 1 heterocycles. The van der Waals surface area contributed by atoms with Gasteiger partial charge >= 0.3 is 0 Å². The van der Waals surface area contributed by atoms with Crippen molar-refractivity contribution in [3.8, 4) is 5.75 Å². The van der Waals surface area contributed by atoms with Gasteiger partial charge in [-0.1, -0.05) is 29.8 Å². The summed E-state index contributed by atoms with van der Waals surface area (Å²) in [5, 5.41) is 2.86. The van der Waals surface area contributed by atoms with Crippen molar-refractivity contribution in [3.05, 3.63) is 65.0 Å². The molecule has 0 aromatic heterocycles. The maximum atomic E-state index is 13.7. The molecule has 6 heteroatoms. The van der Waals surface area contributed by atoms with Gasteiger partial charge in [-0.2, -0.15) is 0 Å². The maximum Gasteiger partial charge on any atom is 0.260 e. The van der Waals surface area contributed by atoms with E-state index in [2.05, 4.69) is 5.32 Å². The summed E-state index contributed by atoms with van der Waals surface area (Å²) in [7, 11) is 0. The number of nitrogens with zero attached hydrogens (tertiary/aromatic N) is 1. The third kappa shape index (κ3) is 4.88. The lowest BCUT2D eigenvalue weighted by molar-refractivity contribution is -0.134. The first-order valence-electron chi connectivity index (χ1n) is 9.47. The summed E-state index contributed by atoms with van der Waals surface area (Å²) in [5.74, 6) is -0.304. The van der Waals surface area contributed by atoms with Crippen LogP contribution < -0.4 is 10.1 Å². The number of benzene rings is 2. The third-order valence-electron chi connectivity index (χ3n) is 4.98. The summed E-state index contributed by atoms with van der Waals surface area (Å²) < 4.78 is 19.4. The number of carbonyl (C=O) groups is 2. The van der Waals surface area contributed by atoms with Crippen LogP contribution in [0.2, 0.25) is 0 Å². The number of likely N-dealkylation sites (tertiary alicyclic amines) is 1. The summed E-state index contributed by atoms with van der Waals surface area (Å²) in [6, 6.07) is 11.7. The van der Waals surface area contributed by atoms with E-state index in [1.54, 1.807) is 17.0 Å². The monoisotopic (exact) mass is 384 g/mol. The second-order valence-corrected chi connectivity index (χ2v) is 7.17. The summed E-state index contributed by atoms with van der Waals surface area (Å²) in [6.45, 7) is 5.04. The molecule has 0 bridgehead atoms. The second kappa shape index (κ2) is 8.87. The molecule has 1 aliphatic heterocycles. The predicted molar refractivity (Wildman–Crippen MR) is 105 cm³/mol. The van der Waals surface area contributed by atoms with Crippen LogP contribution in [0.3, 0.4) is 0 Å². The van der Waals surface area contributed by atoms with E-state index >= 15 is 0 Å². The van der Waals surface area contributed by atoms with Crippen LogP contribution in [0.25, 0.3) is 0 Å². The fourth-order valence-corrected chi connectivity index (χ4v) is 3.37. The van der Waals surface area contributed by atoms with Gasteiger partial charge in [0.25, 0.3) is 11.8 Å². The van der Waals surface area contributed by atoms with E-state index in [0.29, 0.717) is 31.7 Å². The molecule has 0 spiro atoms. The molecule has 0 unspecified atom stereocenters. The number of piperidine rings is 1. The first kappa shape index (κ1) is 19.9.